The fourth-order valence-corrected chi connectivity index (χ4v) is 6.95. The number of hydroxylamine groups is 1. The number of halogens is 6. The summed E-state index contributed by atoms with van der Waals surface area (Å²) >= 11 is 0. The van der Waals surface area contributed by atoms with E-state index in [0.29, 0.717) is 6.07 Å². The molecule has 2 N–H and O–H groups in total. The highest BCUT2D eigenvalue weighted by atomic mass is 32.2. The number of nitrogens with zero attached hydrogens (tertiary/aromatic N) is 4. The zero-order valence-electron chi connectivity index (χ0n) is 20.7. The van der Waals surface area contributed by atoms with Crippen molar-refractivity contribution in [2.24, 2.45) is 0 Å². The molecule has 2 aliphatic heterocycles. The van der Waals surface area contributed by atoms with Crippen molar-refractivity contribution < 1.29 is 49.5 Å². The molecule has 2 fully saturated rings. The second-order valence-electron chi connectivity index (χ2n) is 9.41. The summed E-state index contributed by atoms with van der Waals surface area (Å²) in [7, 11) is -4.38. The molecule has 3 heterocycles. The van der Waals surface area contributed by atoms with Crippen molar-refractivity contribution in [2.45, 2.75) is 48.9 Å². The normalized spacial score (nSPS) is 19.3. The van der Waals surface area contributed by atoms with Crippen molar-refractivity contribution in [3.05, 3.63) is 47.8 Å². The number of hydrogen-bond donors (Lipinski definition) is 2. The van der Waals surface area contributed by atoms with Crippen LogP contribution in [-0.2, 0) is 27.2 Å². The molecule has 40 heavy (non-hydrogen) atoms. The minimum absolute atomic E-state index is 0.0610. The Hall–Kier alpha value is -3.18. The predicted octanol–water partition coefficient (Wildman–Crippen LogP) is 3.23. The molecular weight excluding hydrogens is 572 g/mol. The van der Waals surface area contributed by atoms with E-state index in [0.717, 1.165) is 22.6 Å². The van der Waals surface area contributed by atoms with E-state index in [4.69, 9.17) is 4.74 Å². The quantitative estimate of drug-likeness (QED) is 0.296. The third-order valence-corrected chi connectivity index (χ3v) is 9.65. The number of anilines is 1. The van der Waals surface area contributed by atoms with Gasteiger partial charge in [0.25, 0.3) is 5.91 Å². The van der Waals surface area contributed by atoms with Crippen LogP contribution in [0.4, 0.5) is 32.3 Å². The summed E-state index contributed by atoms with van der Waals surface area (Å²) in [6, 6.07) is 4.81. The van der Waals surface area contributed by atoms with E-state index in [1.54, 1.807) is 0 Å². The van der Waals surface area contributed by atoms with Crippen molar-refractivity contribution >= 4 is 21.9 Å². The van der Waals surface area contributed by atoms with Crippen LogP contribution in [0.5, 0.6) is 5.75 Å². The van der Waals surface area contributed by atoms with E-state index in [1.165, 1.54) is 22.5 Å². The molecule has 0 spiro atoms. The number of rotatable bonds is 6. The van der Waals surface area contributed by atoms with Crippen LogP contribution in [0.3, 0.4) is 0 Å². The van der Waals surface area contributed by atoms with E-state index in [1.807, 2.05) is 0 Å². The minimum atomic E-state index is -4.71. The first-order valence-electron chi connectivity index (χ1n) is 12.1. The van der Waals surface area contributed by atoms with Gasteiger partial charge in [0.15, 0.2) is 4.75 Å². The van der Waals surface area contributed by atoms with Gasteiger partial charge in [-0.3, -0.25) is 10.0 Å². The first kappa shape index (κ1) is 29.8. The van der Waals surface area contributed by atoms with Gasteiger partial charge >= 0.3 is 12.4 Å². The molecule has 17 heteroatoms. The highest BCUT2D eigenvalue weighted by Crippen LogP contribution is 2.37. The monoisotopic (exact) mass is 597 g/mol. The molecule has 2 aromatic rings. The molecule has 0 atom stereocenters. The SMILES string of the molecule is O=C(NO)C1(S(=O)(=O)N2CCC(Oc3ccc(C(F)(F)F)cc3)CC2)CCN(c2nccc(C(F)(F)F)n2)CC1. The predicted molar refractivity (Wildman–Crippen MR) is 127 cm³/mol. The van der Waals surface area contributed by atoms with Crippen LogP contribution in [0.25, 0.3) is 0 Å². The molecule has 4 rings (SSSR count). The largest absolute Gasteiger partial charge is 0.490 e. The zero-order valence-corrected chi connectivity index (χ0v) is 21.6. The number of alkyl halides is 6. The number of amides is 1. The molecule has 2 saturated heterocycles. The molecule has 1 aromatic heterocycles. The average molecular weight is 598 g/mol. The topological polar surface area (TPSA) is 125 Å². The number of nitrogens with one attached hydrogen (secondary N) is 1. The molecule has 0 radical (unpaired) electrons. The van der Waals surface area contributed by atoms with Crippen LogP contribution in [0.15, 0.2) is 36.5 Å². The molecule has 1 aromatic carbocycles. The van der Waals surface area contributed by atoms with Gasteiger partial charge in [0.05, 0.1) is 5.56 Å². The number of carbonyl (C=O) groups excluding carboxylic acids is 1. The van der Waals surface area contributed by atoms with Crippen molar-refractivity contribution in [3.63, 3.8) is 0 Å². The van der Waals surface area contributed by atoms with E-state index >= 15 is 0 Å². The third kappa shape index (κ3) is 5.95. The summed E-state index contributed by atoms with van der Waals surface area (Å²) in [5, 5.41) is 9.36. The standard InChI is InChI=1S/C23H25F6N5O5S/c24-22(25,26)15-1-3-16(4-2-15)39-17-6-11-34(12-7-17)40(37,38)21(19(35)32-36)8-13-33(14-9-21)20-30-10-5-18(31-20)23(27,28)29/h1-5,10,17,36H,6-9,11-14H2,(H,32,35). The fraction of sp³-hybridized carbons (Fsp3) is 0.522. The Morgan fingerprint density at radius 1 is 0.975 bits per heavy atom. The van der Waals surface area contributed by atoms with Gasteiger partial charge in [0, 0.05) is 32.4 Å². The smallest absolute Gasteiger partial charge is 0.433 e. The number of benzene rings is 1. The van der Waals surface area contributed by atoms with Gasteiger partial charge < -0.3 is 9.64 Å². The third-order valence-electron chi connectivity index (χ3n) is 7.02. The maximum Gasteiger partial charge on any atom is 0.433 e. The first-order valence-corrected chi connectivity index (χ1v) is 13.5. The van der Waals surface area contributed by atoms with Gasteiger partial charge in [-0.25, -0.2) is 28.2 Å². The molecule has 0 aliphatic carbocycles. The lowest BCUT2D eigenvalue weighted by molar-refractivity contribution is -0.141. The number of carbonyl (C=O) groups is 1. The lowest BCUT2D eigenvalue weighted by Gasteiger charge is -2.43. The van der Waals surface area contributed by atoms with Crippen LogP contribution < -0.4 is 15.1 Å². The highest BCUT2D eigenvalue weighted by molar-refractivity contribution is 7.91. The maximum absolute atomic E-state index is 13.7. The van der Waals surface area contributed by atoms with Crippen molar-refractivity contribution in [3.8, 4) is 5.75 Å². The van der Waals surface area contributed by atoms with Crippen molar-refractivity contribution in [1.82, 2.24) is 19.8 Å². The van der Waals surface area contributed by atoms with E-state index in [2.05, 4.69) is 9.97 Å². The van der Waals surface area contributed by atoms with E-state index in [-0.39, 0.29) is 63.6 Å². The van der Waals surface area contributed by atoms with Gasteiger partial charge in [-0.2, -0.15) is 26.3 Å². The number of sulfonamides is 1. The molecule has 1 amide bonds. The van der Waals surface area contributed by atoms with Crippen LogP contribution >= 0.6 is 0 Å². The molecule has 0 bridgehead atoms. The van der Waals surface area contributed by atoms with Gasteiger partial charge in [0.1, 0.15) is 17.5 Å². The van der Waals surface area contributed by atoms with Crippen LogP contribution in [0.1, 0.15) is 36.9 Å². The summed E-state index contributed by atoms with van der Waals surface area (Å²) in [5.41, 5.74) is -0.592. The van der Waals surface area contributed by atoms with E-state index in [9.17, 15) is 44.8 Å². The number of aromatic nitrogens is 2. The molecule has 10 nitrogen and oxygen atoms in total. The number of ether oxygens (including phenoxy) is 1. The lowest BCUT2D eigenvalue weighted by Crippen LogP contribution is -2.62. The summed E-state index contributed by atoms with van der Waals surface area (Å²) in [5.74, 6) is -1.25. The Kier molecular flexibility index (Phi) is 8.20. The Bertz CT molecular complexity index is 1310. The number of piperidine rings is 2. The van der Waals surface area contributed by atoms with Crippen molar-refractivity contribution in [1.29, 1.82) is 0 Å². The Balaban J connectivity index is 1.43. The lowest BCUT2D eigenvalue weighted by atomic mass is 9.95. The summed E-state index contributed by atoms with van der Waals surface area (Å²) in [6.45, 7) is -0.480. The summed E-state index contributed by atoms with van der Waals surface area (Å²) < 4.78 is 110. The molecule has 220 valence electrons. The Labute approximate surface area is 225 Å². The van der Waals surface area contributed by atoms with Crippen LogP contribution in [0.2, 0.25) is 0 Å². The van der Waals surface area contributed by atoms with Crippen LogP contribution in [-0.4, -0.2) is 70.8 Å². The summed E-state index contributed by atoms with van der Waals surface area (Å²) in [4.78, 5) is 21.4. The van der Waals surface area contributed by atoms with Gasteiger partial charge in [-0.1, -0.05) is 0 Å². The Morgan fingerprint density at radius 2 is 1.57 bits per heavy atom. The molecule has 0 saturated carbocycles. The molecular formula is C23H25F6N5O5S. The first-order chi connectivity index (χ1) is 18.7. The second kappa shape index (κ2) is 11.0. The second-order valence-corrected chi connectivity index (χ2v) is 11.7. The van der Waals surface area contributed by atoms with Crippen molar-refractivity contribution in [2.75, 3.05) is 31.1 Å². The number of hydrogen-bond acceptors (Lipinski definition) is 8. The molecule has 0 unspecified atom stereocenters. The average Bonchev–Trinajstić information content (AvgIpc) is 2.92. The fourth-order valence-electron chi connectivity index (χ4n) is 4.78. The van der Waals surface area contributed by atoms with Gasteiger partial charge in [-0.15, -0.1) is 0 Å². The summed E-state index contributed by atoms with van der Waals surface area (Å²) in [6.07, 6.45) is -9.12. The zero-order chi connectivity index (χ0) is 29.3. The van der Waals surface area contributed by atoms with Crippen LogP contribution in [0, 0.1) is 0 Å². The highest BCUT2D eigenvalue weighted by Gasteiger charge is 2.55. The van der Waals surface area contributed by atoms with E-state index < -0.39 is 50.4 Å². The van der Waals surface area contributed by atoms with Gasteiger partial charge in [0.2, 0.25) is 16.0 Å². The van der Waals surface area contributed by atoms with Gasteiger partial charge in [-0.05, 0) is 56.0 Å². The minimum Gasteiger partial charge on any atom is -0.490 e. The Morgan fingerprint density at radius 3 is 2.10 bits per heavy atom. The maximum atomic E-state index is 13.7. The molecule has 2 aliphatic rings.